The molecule has 0 aliphatic carbocycles. The van der Waals surface area contributed by atoms with Gasteiger partial charge in [0.25, 0.3) is 0 Å². The summed E-state index contributed by atoms with van der Waals surface area (Å²) in [5.74, 6) is 0.754. The van der Waals surface area contributed by atoms with Crippen LogP contribution in [0.5, 0.6) is 0 Å². The van der Waals surface area contributed by atoms with Crippen molar-refractivity contribution in [2.24, 2.45) is 5.73 Å². The van der Waals surface area contributed by atoms with Gasteiger partial charge in [-0.05, 0) is 31.5 Å². The number of carbonyl (C=O) groups is 1. The molecular formula is C13H17N5O. The van der Waals surface area contributed by atoms with Crippen molar-refractivity contribution >= 4 is 11.6 Å². The largest absolute Gasteiger partial charge is 0.330 e. The van der Waals surface area contributed by atoms with E-state index in [1.54, 1.807) is 23.3 Å². The molecule has 0 radical (unpaired) electrons. The standard InChI is InChI=1S/C13H17N5O/c14-6-2-1-3-13(19)17-11-4-5-12(16-9-11)18-8-7-15-10-18/h4-5,7-10H,1-3,6,14H2,(H,17,19). The van der Waals surface area contributed by atoms with Crippen molar-refractivity contribution in [1.82, 2.24) is 14.5 Å². The van der Waals surface area contributed by atoms with E-state index >= 15 is 0 Å². The fourth-order valence-electron chi connectivity index (χ4n) is 1.66. The Kier molecular flexibility index (Phi) is 4.63. The molecule has 19 heavy (non-hydrogen) atoms. The molecule has 0 fully saturated rings. The highest BCUT2D eigenvalue weighted by Gasteiger charge is 2.03. The molecule has 2 rings (SSSR count). The van der Waals surface area contributed by atoms with Crippen LogP contribution in [-0.4, -0.2) is 27.0 Å². The van der Waals surface area contributed by atoms with E-state index in [9.17, 15) is 4.79 Å². The third kappa shape index (κ3) is 3.89. The van der Waals surface area contributed by atoms with Crippen molar-refractivity contribution in [3.63, 3.8) is 0 Å². The summed E-state index contributed by atoms with van der Waals surface area (Å²) in [6.45, 7) is 0.619. The summed E-state index contributed by atoms with van der Waals surface area (Å²) in [4.78, 5) is 19.8. The average molecular weight is 259 g/mol. The van der Waals surface area contributed by atoms with Crippen molar-refractivity contribution < 1.29 is 4.79 Å². The molecule has 0 atom stereocenters. The minimum atomic E-state index is -0.00868. The summed E-state index contributed by atoms with van der Waals surface area (Å²) in [6.07, 6.45) is 8.97. The fraction of sp³-hybridized carbons (Fsp3) is 0.308. The van der Waals surface area contributed by atoms with Crippen LogP contribution in [0.25, 0.3) is 5.82 Å². The molecule has 2 aromatic rings. The number of amides is 1. The topological polar surface area (TPSA) is 85.8 Å². The van der Waals surface area contributed by atoms with Crippen LogP contribution >= 0.6 is 0 Å². The molecular weight excluding hydrogens is 242 g/mol. The smallest absolute Gasteiger partial charge is 0.224 e. The molecule has 6 heteroatoms. The molecule has 0 aromatic carbocycles. The van der Waals surface area contributed by atoms with Gasteiger partial charge in [0.05, 0.1) is 11.9 Å². The highest BCUT2D eigenvalue weighted by Crippen LogP contribution is 2.10. The van der Waals surface area contributed by atoms with Crippen LogP contribution in [0, 0.1) is 0 Å². The second-order valence-electron chi connectivity index (χ2n) is 4.17. The van der Waals surface area contributed by atoms with E-state index in [0.29, 0.717) is 18.7 Å². The number of carbonyl (C=O) groups excluding carboxylic acids is 1. The number of rotatable bonds is 6. The molecule has 3 N–H and O–H groups in total. The first-order valence-electron chi connectivity index (χ1n) is 6.24. The number of nitrogens with one attached hydrogen (secondary N) is 1. The molecule has 2 heterocycles. The van der Waals surface area contributed by atoms with Crippen LogP contribution in [0.15, 0.2) is 37.1 Å². The molecule has 0 bridgehead atoms. The quantitative estimate of drug-likeness (QED) is 0.766. The zero-order chi connectivity index (χ0) is 13.5. The van der Waals surface area contributed by atoms with E-state index in [2.05, 4.69) is 15.3 Å². The van der Waals surface area contributed by atoms with Crippen molar-refractivity contribution in [2.75, 3.05) is 11.9 Å². The number of imidazole rings is 1. The molecule has 0 saturated carbocycles. The number of hydrogen-bond acceptors (Lipinski definition) is 4. The molecule has 0 spiro atoms. The van der Waals surface area contributed by atoms with Gasteiger partial charge in [-0.1, -0.05) is 0 Å². The first-order valence-corrected chi connectivity index (χ1v) is 6.24. The molecule has 0 aliphatic rings. The van der Waals surface area contributed by atoms with Crippen molar-refractivity contribution in [2.45, 2.75) is 19.3 Å². The SMILES string of the molecule is NCCCCC(=O)Nc1ccc(-n2ccnc2)nc1. The van der Waals surface area contributed by atoms with Gasteiger partial charge in [-0.2, -0.15) is 0 Å². The van der Waals surface area contributed by atoms with E-state index in [-0.39, 0.29) is 5.91 Å². The monoisotopic (exact) mass is 259 g/mol. The van der Waals surface area contributed by atoms with Crippen LogP contribution in [0.4, 0.5) is 5.69 Å². The van der Waals surface area contributed by atoms with E-state index in [1.807, 2.05) is 18.3 Å². The lowest BCUT2D eigenvalue weighted by Crippen LogP contribution is -2.12. The molecule has 6 nitrogen and oxygen atoms in total. The third-order valence-electron chi connectivity index (χ3n) is 2.66. The second-order valence-corrected chi connectivity index (χ2v) is 4.17. The molecule has 0 unspecified atom stereocenters. The Hall–Kier alpha value is -2.21. The van der Waals surface area contributed by atoms with Gasteiger partial charge in [0.15, 0.2) is 0 Å². The van der Waals surface area contributed by atoms with Crippen LogP contribution < -0.4 is 11.1 Å². The number of aromatic nitrogens is 3. The Labute approximate surface area is 111 Å². The minimum absolute atomic E-state index is 0.00868. The van der Waals surface area contributed by atoms with Crippen molar-refractivity contribution in [3.05, 3.63) is 37.1 Å². The van der Waals surface area contributed by atoms with Crippen LogP contribution in [0.2, 0.25) is 0 Å². The minimum Gasteiger partial charge on any atom is -0.330 e. The first-order chi connectivity index (χ1) is 9.29. The molecule has 100 valence electrons. The average Bonchev–Trinajstić information content (AvgIpc) is 2.94. The van der Waals surface area contributed by atoms with Crippen molar-refractivity contribution in [1.29, 1.82) is 0 Å². The van der Waals surface area contributed by atoms with Crippen LogP contribution in [0.3, 0.4) is 0 Å². The Morgan fingerprint density at radius 1 is 1.37 bits per heavy atom. The van der Waals surface area contributed by atoms with E-state index < -0.39 is 0 Å². The lowest BCUT2D eigenvalue weighted by atomic mass is 10.2. The maximum absolute atomic E-state index is 11.6. The summed E-state index contributed by atoms with van der Waals surface area (Å²) < 4.78 is 1.80. The maximum Gasteiger partial charge on any atom is 0.224 e. The van der Waals surface area contributed by atoms with Crippen molar-refractivity contribution in [3.8, 4) is 5.82 Å². The third-order valence-corrected chi connectivity index (χ3v) is 2.66. The number of hydrogen-bond donors (Lipinski definition) is 2. The summed E-state index contributed by atoms with van der Waals surface area (Å²) in [5, 5.41) is 2.81. The highest BCUT2D eigenvalue weighted by molar-refractivity contribution is 5.90. The molecule has 1 amide bonds. The molecule has 0 aliphatic heterocycles. The van der Waals surface area contributed by atoms with E-state index in [1.165, 1.54) is 0 Å². The lowest BCUT2D eigenvalue weighted by Gasteiger charge is -2.06. The van der Waals surface area contributed by atoms with Gasteiger partial charge in [0.1, 0.15) is 12.1 Å². The normalized spacial score (nSPS) is 10.4. The number of unbranched alkanes of at least 4 members (excludes halogenated alkanes) is 1. The summed E-state index contributed by atoms with van der Waals surface area (Å²) in [5.41, 5.74) is 6.08. The number of nitrogens with zero attached hydrogens (tertiary/aromatic N) is 3. The second kappa shape index (κ2) is 6.65. The van der Waals surface area contributed by atoms with Gasteiger partial charge in [0, 0.05) is 18.8 Å². The zero-order valence-electron chi connectivity index (χ0n) is 10.6. The van der Waals surface area contributed by atoms with Gasteiger partial charge < -0.3 is 11.1 Å². The fourth-order valence-corrected chi connectivity index (χ4v) is 1.66. The van der Waals surface area contributed by atoms with Gasteiger partial charge in [-0.15, -0.1) is 0 Å². The van der Waals surface area contributed by atoms with Crippen LogP contribution in [-0.2, 0) is 4.79 Å². The van der Waals surface area contributed by atoms with E-state index in [0.717, 1.165) is 18.7 Å². The Morgan fingerprint density at radius 3 is 2.89 bits per heavy atom. The Bertz CT molecular complexity index is 506. The maximum atomic E-state index is 11.6. The molecule has 0 saturated heterocycles. The lowest BCUT2D eigenvalue weighted by molar-refractivity contribution is -0.116. The Balaban J connectivity index is 1.90. The van der Waals surface area contributed by atoms with Gasteiger partial charge in [-0.25, -0.2) is 9.97 Å². The number of nitrogens with two attached hydrogens (primary N) is 1. The zero-order valence-corrected chi connectivity index (χ0v) is 10.6. The number of anilines is 1. The predicted octanol–water partition coefficient (Wildman–Crippen LogP) is 1.33. The summed E-state index contributed by atoms with van der Waals surface area (Å²) in [7, 11) is 0. The molecule has 2 aromatic heterocycles. The van der Waals surface area contributed by atoms with Gasteiger partial charge >= 0.3 is 0 Å². The Morgan fingerprint density at radius 2 is 2.26 bits per heavy atom. The van der Waals surface area contributed by atoms with Crippen LogP contribution in [0.1, 0.15) is 19.3 Å². The van der Waals surface area contributed by atoms with Gasteiger partial charge in [-0.3, -0.25) is 9.36 Å². The summed E-state index contributed by atoms with van der Waals surface area (Å²) in [6, 6.07) is 3.65. The van der Waals surface area contributed by atoms with E-state index in [4.69, 9.17) is 5.73 Å². The number of pyridine rings is 1. The summed E-state index contributed by atoms with van der Waals surface area (Å²) >= 11 is 0. The predicted molar refractivity (Wildman–Crippen MR) is 72.9 cm³/mol. The first kappa shape index (κ1) is 13.2. The highest BCUT2D eigenvalue weighted by atomic mass is 16.1. The van der Waals surface area contributed by atoms with Gasteiger partial charge in [0.2, 0.25) is 5.91 Å².